The van der Waals surface area contributed by atoms with Crippen molar-refractivity contribution in [3.63, 3.8) is 0 Å². The molecule has 1 aliphatic heterocycles. The highest BCUT2D eigenvalue weighted by Gasteiger charge is 2.60. The Balaban J connectivity index is 1.63. The molecule has 0 bridgehead atoms. The first-order chi connectivity index (χ1) is 10.2. The molecule has 1 amide bonds. The largest absolute Gasteiger partial charge is 0.393 e. The number of aliphatic hydroxyl groups excluding tert-OH is 1. The third-order valence-corrected chi connectivity index (χ3v) is 5.26. The average Bonchev–Trinajstić information content (AvgIpc) is 3.24. The van der Waals surface area contributed by atoms with Gasteiger partial charge in [0.1, 0.15) is 11.7 Å². The molecule has 2 aliphatic carbocycles. The zero-order valence-corrected chi connectivity index (χ0v) is 12.2. The molecule has 2 saturated carbocycles. The second kappa shape index (κ2) is 4.82. The molecule has 3 fully saturated rings. The van der Waals surface area contributed by atoms with Crippen molar-refractivity contribution < 1.29 is 9.90 Å². The van der Waals surface area contributed by atoms with Crippen molar-refractivity contribution in [1.82, 2.24) is 10.2 Å². The standard InChI is InChI=1S/C17H22N2O2/c20-14-8-6-13(7-9-14)19-15(12-4-2-1-3-5-12)18-17(10-11-17)16(19)21/h1-5,13-15,18,20H,6-11H2. The van der Waals surface area contributed by atoms with Gasteiger partial charge < -0.3 is 10.0 Å². The van der Waals surface area contributed by atoms with Crippen LogP contribution in [0, 0.1) is 0 Å². The molecule has 0 radical (unpaired) electrons. The van der Waals surface area contributed by atoms with E-state index in [9.17, 15) is 9.90 Å². The highest BCUT2D eigenvalue weighted by molar-refractivity contribution is 5.92. The van der Waals surface area contributed by atoms with E-state index in [0.717, 1.165) is 38.5 Å². The van der Waals surface area contributed by atoms with Crippen LogP contribution in [-0.4, -0.2) is 33.6 Å². The Morgan fingerprint density at radius 2 is 1.76 bits per heavy atom. The summed E-state index contributed by atoms with van der Waals surface area (Å²) in [6.07, 6.45) is 5.18. The Morgan fingerprint density at radius 1 is 1.10 bits per heavy atom. The molecule has 112 valence electrons. The second-order valence-corrected chi connectivity index (χ2v) is 6.71. The number of carbonyl (C=O) groups is 1. The summed E-state index contributed by atoms with van der Waals surface area (Å²) >= 11 is 0. The quantitative estimate of drug-likeness (QED) is 0.874. The monoisotopic (exact) mass is 286 g/mol. The Bertz CT molecular complexity index is 533. The van der Waals surface area contributed by atoms with Gasteiger partial charge in [0.15, 0.2) is 0 Å². The summed E-state index contributed by atoms with van der Waals surface area (Å²) in [6, 6.07) is 10.5. The molecule has 4 heteroatoms. The number of rotatable bonds is 2. The highest BCUT2D eigenvalue weighted by atomic mass is 16.3. The first-order valence-electron chi connectivity index (χ1n) is 8.03. The lowest BCUT2D eigenvalue weighted by molar-refractivity contribution is -0.134. The fraction of sp³-hybridized carbons (Fsp3) is 0.588. The van der Waals surface area contributed by atoms with Gasteiger partial charge in [-0.3, -0.25) is 10.1 Å². The van der Waals surface area contributed by atoms with Crippen molar-refractivity contribution in [2.24, 2.45) is 0 Å². The Hall–Kier alpha value is -1.39. The fourth-order valence-electron chi connectivity index (χ4n) is 3.83. The van der Waals surface area contributed by atoms with E-state index in [4.69, 9.17) is 0 Å². The van der Waals surface area contributed by atoms with Gasteiger partial charge in [0.2, 0.25) is 5.91 Å². The van der Waals surface area contributed by atoms with E-state index >= 15 is 0 Å². The van der Waals surface area contributed by atoms with Gasteiger partial charge in [0.25, 0.3) is 0 Å². The van der Waals surface area contributed by atoms with Crippen molar-refractivity contribution in [1.29, 1.82) is 0 Å². The molecule has 1 saturated heterocycles. The van der Waals surface area contributed by atoms with Gasteiger partial charge >= 0.3 is 0 Å². The smallest absolute Gasteiger partial charge is 0.244 e. The van der Waals surface area contributed by atoms with Crippen molar-refractivity contribution in [2.45, 2.75) is 62.4 Å². The zero-order valence-electron chi connectivity index (χ0n) is 12.2. The molecule has 21 heavy (non-hydrogen) atoms. The molecular formula is C17H22N2O2. The summed E-state index contributed by atoms with van der Waals surface area (Å²) in [4.78, 5) is 14.9. The molecule has 1 aromatic carbocycles. The molecule has 4 nitrogen and oxygen atoms in total. The summed E-state index contributed by atoms with van der Waals surface area (Å²) < 4.78 is 0. The highest BCUT2D eigenvalue weighted by Crippen LogP contribution is 2.47. The minimum Gasteiger partial charge on any atom is -0.393 e. The number of benzene rings is 1. The molecule has 1 heterocycles. The number of carbonyl (C=O) groups excluding carboxylic acids is 1. The van der Waals surface area contributed by atoms with Crippen molar-refractivity contribution in [3.05, 3.63) is 35.9 Å². The maximum atomic E-state index is 12.9. The minimum atomic E-state index is -0.281. The van der Waals surface area contributed by atoms with Crippen LogP contribution in [0.3, 0.4) is 0 Å². The summed E-state index contributed by atoms with van der Waals surface area (Å²) in [5.41, 5.74) is 0.886. The van der Waals surface area contributed by atoms with Crippen LogP contribution >= 0.6 is 0 Å². The second-order valence-electron chi connectivity index (χ2n) is 6.71. The van der Waals surface area contributed by atoms with E-state index < -0.39 is 0 Å². The number of hydrogen-bond acceptors (Lipinski definition) is 3. The summed E-state index contributed by atoms with van der Waals surface area (Å²) in [7, 11) is 0. The van der Waals surface area contributed by atoms with E-state index in [2.05, 4.69) is 22.3 Å². The van der Waals surface area contributed by atoms with Gasteiger partial charge in [0.05, 0.1) is 6.10 Å². The normalized spacial score (nSPS) is 34.4. The Kier molecular flexibility index (Phi) is 3.05. The lowest BCUT2D eigenvalue weighted by atomic mass is 9.91. The van der Waals surface area contributed by atoms with Gasteiger partial charge in [-0.25, -0.2) is 0 Å². The van der Waals surface area contributed by atoms with E-state index in [-0.39, 0.29) is 29.8 Å². The van der Waals surface area contributed by atoms with Crippen molar-refractivity contribution in [3.8, 4) is 0 Å². The zero-order chi connectivity index (χ0) is 14.4. The first kappa shape index (κ1) is 13.3. The van der Waals surface area contributed by atoms with Crippen LogP contribution in [0.4, 0.5) is 0 Å². The van der Waals surface area contributed by atoms with Crippen LogP contribution in [-0.2, 0) is 4.79 Å². The van der Waals surface area contributed by atoms with Crippen LogP contribution in [0.5, 0.6) is 0 Å². The molecule has 0 aromatic heterocycles. The van der Waals surface area contributed by atoms with Crippen LogP contribution in [0.25, 0.3) is 0 Å². The van der Waals surface area contributed by atoms with E-state index in [1.165, 1.54) is 5.56 Å². The lowest BCUT2D eigenvalue weighted by Crippen LogP contribution is -2.43. The number of nitrogens with one attached hydrogen (secondary N) is 1. The maximum Gasteiger partial charge on any atom is 0.244 e. The number of amides is 1. The van der Waals surface area contributed by atoms with E-state index in [1.54, 1.807) is 0 Å². The van der Waals surface area contributed by atoms with Crippen LogP contribution in [0.15, 0.2) is 30.3 Å². The fourth-order valence-corrected chi connectivity index (χ4v) is 3.83. The van der Waals surface area contributed by atoms with Crippen molar-refractivity contribution >= 4 is 5.91 Å². The van der Waals surface area contributed by atoms with E-state index in [0.29, 0.717) is 0 Å². The molecule has 1 unspecified atom stereocenters. The predicted octanol–water partition coefficient (Wildman–Crippen LogP) is 1.95. The molecule has 1 atom stereocenters. The predicted molar refractivity (Wildman–Crippen MR) is 79.4 cm³/mol. The van der Waals surface area contributed by atoms with Crippen LogP contribution in [0.2, 0.25) is 0 Å². The lowest BCUT2D eigenvalue weighted by Gasteiger charge is -2.36. The Morgan fingerprint density at radius 3 is 2.38 bits per heavy atom. The third kappa shape index (κ3) is 2.17. The molecule has 1 aromatic rings. The van der Waals surface area contributed by atoms with Gasteiger partial charge in [-0.15, -0.1) is 0 Å². The molecule has 1 spiro atoms. The Labute approximate surface area is 125 Å². The number of nitrogens with zero attached hydrogens (tertiary/aromatic N) is 1. The first-order valence-corrected chi connectivity index (χ1v) is 8.03. The maximum absolute atomic E-state index is 12.9. The molecular weight excluding hydrogens is 264 g/mol. The third-order valence-electron chi connectivity index (χ3n) is 5.26. The van der Waals surface area contributed by atoms with E-state index in [1.807, 2.05) is 18.2 Å². The van der Waals surface area contributed by atoms with Crippen molar-refractivity contribution in [2.75, 3.05) is 0 Å². The SMILES string of the molecule is O=C1N(C2CCC(O)CC2)C(c2ccccc2)NC12CC2. The average molecular weight is 286 g/mol. The summed E-state index contributed by atoms with van der Waals surface area (Å²) in [5, 5.41) is 13.3. The number of hydrogen-bond donors (Lipinski definition) is 2. The summed E-state index contributed by atoms with van der Waals surface area (Å²) in [5.74, 6) is 0.276. The van der Waals surface area contributed by atoms with Gasteiger partial charge in [-0.05, 0) is 44.1 Å². The topological polar surface area (TPSA) is 52.6 Å². The van der Waals surface area contributed by atoms with Gasteiger partial charge in [-0.2, -0.15) is 0 Å². The minimum absolute atomic E-state index is 0.00134. The van der Waals surface area contributed by atoms with Gasteiger partial charge in [0, 0.05) is 6.04 Å². The number of aliphatic hydroxyl groups is 1. The molecule has 3 aliphatic rings. The molecule has 4 rings (SSSR count). The molecule has 2 N–H and O–H groups in total. The van der Waals surface area contributed by atoms with Gasteiger partial charge in [-0.1, -0.05) is 30.3 Å². The van der Waals surface area contributed by atoms with Crippen LogP contribution < -0.4 is 5.32 Å². The summed E-state index contributed by atoms with van der Waals surface area (Å²) in [6.45, 7) is 0. The van der Waals surface area contributed by atoms with Crippen LogP contribution in [0.1, 0.15) is 50.3 Å².